The van der Waals surface area contributed by atoms with Crippen LogP contribution in [-0.4, -0.2) is 32.9 Å². The first kappa shape index (κ1) is 18.3. The molecule has 2 aromatic rings. The van der Waals surface area contributed by atoms with Crippen molar-refractivity contribution < 1.29 is 14.7 Å². The fraction of sp³-hybridized carbons (Fsp3) is 0.389. The number of aromatic nitrogens is 2. The molecular formula is C18H21ClN4O3. The standard InChI is InChI=1S/C18H21ClN4O3/c1-11-10-16(22-23(11)15-5-3-2-4-14(15)19)21-18(26)20-13-8-6-12(7-9-13)17(24)25/h2-5,10,12-13H,6-9H2,1H3,(H,24,25)(H2,20,21,22,26). The minimum atomic E-state index is -0.756. The van der Waals surface area contributed by atoms with Crippen LogP contribution in [0.25, 0.3) is 5.69 Å². The van der Waals surface area contributed by atoms with E-state index in [0.717, 1.165) is 11.4 Å². The number of carbonyl (C=O) groups excluding carboxylic acids is 1. The van der Waals surface area contributed by atoms with E-state index in [1.165, 1.54) is 0 Å². The number of anilines is 1. The van der Waals surface area contributed by atoms with Crippen LogP contribution in [0, 0.1) is 12.8 Å². The molecule has 1 heterocycles. The van der Waals surface area contributed by atoms with Gasteiger partial charge in [0.25, 0.3) is 0 Å². The van der Waals surface area contributed by atoms with E-state index in [1.807, 2.05) is 25.1 Å². The zero-order valence-corrected chi connectivity index (χ0v) is 15.2. The number of benzene rings is 1. The van der Waals surface area contributed by atoms with Crippen LogP contribution in [0.2, 0.25) is 5.02 Å². The molecule has 0 bridgehead atoms. The Bertz CT molecular complexity index is 813. The van der Waals surface area contributed by atoms with Crippen LogP contribution in [0.3, 0.4) is 0 Å². The Morgan fingerprint density at radius 1 is 1.23 bits per heavy atom. The smallest absolute Gasteiger partial charge is 0.320 e. The van der Waals surface area contributed by atoms with Crippen molar-refractivity contribution in [2.75, 3.05) is 5.32 Å². The Morgan fingerprint density at radius 3 is 2.58 bits per heavy atom. The summed E-state index contributed by atoms with van der Waals surface area (Å²) < 4.78 is 1.68. The van der Waals surface area contributed by atoms with Crippen LogP contribution in [0.15, 0.2) is 30.3 Å². The Morgan fingerprint density at radius 2 is 1.92 bits per heavy atom. The first-order valence-electron chi connectivity index (χ1n) is 8.56. The molecule has 1 aromatic heterocycles. The van der Waals surface area contributed by atoms with Gasteiger partial charge in [0.05, 0.1) is 16.6 Å². The molecule has 0 atom stereocenters. The highest BCUT2D eigenvalue weighted by Gasteiger charge is 2.26. The number of nitrogens with one attached hydrogen (secondary N) is 2. The van der Waals surface area contributed by atoms with Crippen LogP contribution < -0.4 is 10.6 Å². The molecule has 3 rings (SSSR count). The summed E-state index contributed by atoms with van der Waals surface area (Å²) in [6.45, 7) is 1.88. The Hall–Kier alpha value is -2.54. The van der Waals surface area contributed by atoms with Gasteiger partial charge in [-0.05, 0) is 44.7 Å². The van der Waals surface area contributed by atoms with Crippen molar-refractivity contribution in [3.05, 3.63) is 41.0 Å². The molecule has 1 saturated carbocycles. The van der Waals surface area contributed by atoms with E-state index in [-0.39, 0.29) is 18.0 Å². The topological polar surface area (TPSA) is 96.2 Å². The molecule has 7 nitrogen and oxygen atoms in total. The molecule has 26 heavy (non-hydrogen) atoms. The molecule has 0 spiro atoms. The van der Waals surface area contributed by atoms with Gasteiger partial charge in [-0.25, -0.2) is 9.48 Å². The average molecular weight is 377 g/mol. The van der Waals surface area contributed by atoms with Gasteiger partial charge in [0.2, 0.25) is 0 Å². The summed E-state index contributed by atoms with van der Waals surface area (Å²) in [7, 11) is 0. The Kier molecular flexibility index (Phi) is 5.46. The van der Waals surface area contributed by atoms with Gasteiger partial charge in [-0.2, -0.15) is 0 Å². The first-order valence-corrected chi connectivity index (χ1v) is 8.93. The van der Waals surface area contributed by atoms with Gasteiger partial charge in [-0.1, -0.05) is 23.7 Å². The number of para-hydroxylation sites is 1. The maximum Gasteiger partial charge on any atom is 0.320 e. The lowest BCUT2D eigenvalue weighted by Gasteiger charge is -2.26. The van der Waals surface area contributed by atoms with E-state index in [0.29, 0.717) is 36.5 Å². The third-order valence-corrected chi connectivity index (χ3v) is 4.94. The summed E-state index contributed by atoms with van der Waals surface area (Å²) in [5.41, 5.74) is 1.59. The van der Waals surface area contributed by atoms with Crippen LogP contribution in [0.5, 0.6) is 0 Å². The SMILES string of the molecule is Cc1cc(NC(=O)NC2CCC(C(=O)O)CC2)nn1-c1ccccc1Cl. The number of hydrogen-bond donors (Lipinski definition) is 3. The molecule has 2 amide bonds. The molecule has 0 aliphatic heterocycles. The summed E-state index contributed by atoms with van der Waals surface area (Å²) in [5.74, 6) is -0.627. The van der Waals surface area contributed by atoms with Crippen molar-refractivity contribution >= 4 is 29.4 Å². The summed E-state index contributed by atoms with van der Waals surface area (Å²) in [6.07, 6.45) is 2.50. The molecule has 0 saturated heterocycles. The van der Waals surface area contributed by atoms with E-state index < -0.39 is 5.97 Å². The number of rotatable bonds is 4. The van der Waals surface area contributed by atoms with Crippen LogP contribution >= 0.6 is 11.6 Å². The molecule has 0 unspecified atom stereocenters. The lowest BCUT2D eigenvalue weighted by Crippen LogP contribution is -2.41. The van der Waals surface area contributed by atoms with Gasteiger partial charge < -0.3 is 10.4 Å². The second-order valence-electron chi connectivity index (χ2n) is 6.52. The van der Waals surface area contributed by atoms with Crippen molar-refractivity contribution in [3.8, 4) is 5.69 Å². The van der Waals surface area contributed by atoms with Crippen LogP contribution in [-0.2, 0) is 4.79 Å². The third kappa shape index (κ3) is 4.16. The van der Waals surface area contributed by atoms with E-state index in [4.69, 9.17) is 16.7 Å². The fourth-order valence-electron chi connectivity index (χ4n) is 3.23. The van der Waals surface area contributed by atoms with E-state index in [9.17, 15) is 9.59 Å². The highest BCUT2D eigenvalue weighted by molar-refractivity contribution is 6.32. The number of halogens is 1. The summed E-state index contributed by atoms with van der Waals surface area (Å²) in [4.78, 5) is 23.2. The number of aliphatic carboxylic acids is 1. The number of carboxylic acids is 1. The lowest BCUT2D eigenvalue weighted by atomic mass is 9.86. The van der Waals surface area contributed by atoms with Crippen molar-refractivity contribution in [1.82, 2.24) is 15.1 Å². The zero-order valence-electron chi connectivity index (χ0n) is 14.4. The molecule has 8 heteroatoms. The van der Waals surface area contributed by atoms with Gasteiger partial charge >= 0.3 is 12.0 Å². The second kappa shape index (κ2) is 7.78. The normalized spacial score (nSPS) is 19.8. The minimum Gasteiger partial charge on any atom is -0.481 e. The quantitative estimate of drug-likeness (QED) is 0.759. The largest absolute Gasteiger partial charge is 0.481 e. The number of carboxylic acid groups (broad SMARTS) is 1. The van der Waals surface area contributed by atoms with E-state index in [1.54, 1.807) is 16.8 Å². The summed E-state index contributed by atoms with van der Waals surface area (Å²) in [5, 5.41) is 19.6. The highest BCUT2D eigenvalue weighted by atomic mass is 35.5. The number of urea groups is 1. The first-order chi connectivity index (χ1) is 12.4. The highest BCUT2D eigenvalue weighted by Crippen LogP contribution is 2.25. The number of aryl methyl sites for hydroxylation is 1. The van der Waals surface area contributed by atoms with Gasteiger partial charge in [-0.15, -0.1) is 5.10 Å². The molecule has 3 N–H and O–H groups in total. The Balaban J connectivity index is 1.60. The molecule has 0 radical (unpaired) electrons. The van der Waals surface area contributed by atoms with Crippen molar-refractivity contribution in [1.29, 1.82) is 0 Å². The predicted octanol–water partition coefficient (Wildman–Crippen LogP) is 3.60. The molecule has 1 aliphatic rings. The predicted molar refractivity (Wildman–Crippen MR) is 98.8 cm³/mol. The number of nitrogens with zero attached hydrogens (tertiary/aromatic N) is 2. The third-order valence-electron chi connectivity index (χ3n) is 4.62. The molecule has 1 aliphatic carbocycles. The number of amides is 2. The number of carbonyl (C=O) groups is 2. The monoisotopic (exact) mass is 376 g/mol. The maximum atomic E-state index is 12.2. The molecular weight excluding hydrogens is 356 g/mol. The lowest BCUT2D eigenvalue weighted by molar-refractivity contribution is -0.142. The van der Waals surface area contributed by atoms with Gasteiger partial charge in [0, 0.05) is 17.8 Å². The number of hydrogen-bond acceptors (Lipinski definition) is 3. The van der Waals surface area contributed by atoms with Gasteiger partial charge in [-0.3, -0.25) is 10.1 Å². The van der Waals surface area contributed by atoms with Crippen molar-refractivity contribution in [3.63, 3.8) is 0 Å². The van der Waals surface area contributed by atoms with Crippen molar-refractivity contribution in [2.45, 2.75) is 38.6 Å². The van der Waals surface area contributed by atoms with Crippen molar-refractivity contribution in [2.24, 2.45) is 5.92 Å². The van der Waals surface area contributed by atoms with Crippen LogP contribution in [0.1, 0.15) is 31.4 Å². The summed E-state index contributed by atoms with van der Waals surface area (Å²) >= 11 is 6.21. The van der Waals surface area contributed by atoms with E-state index in [2.05, 4.69) is 15.7 Å². The van der Waals surface area contributed by atoms with E-state index >= 15 is 0 Å². The van der Waals surface area contributed by atoms with Crippen LogP contribution in [0.4, 0.5) is 10.6 Å². The summed E-state index contributed by atoms with van der Waals surface area (Å²) in [6, 6.07) is 8.76. The fourth-order valence-corrected chi connectivity index (χ4v) is 3.44. The Labute approximate surface area is 156 Å². The minimum absolute atomic E-state index is 0.0163. The zero-order chi connectivity index (χ0) is 18.7. The molecule has 1 aromatic carbocycles. The van der Waals surface area contributed by atoms with Gasteiger partial charge in [0.15, 0.2) is 5.82 Å². The molecule has 1 fully saturated rings. The van der Waals surface area contributed by atoms with Gasteiger partial charge in [0.1, 0.15) is 0 Å². The molecule has 138 valence electrons. The second-order valence-corrected chi connectivity index (χ2v) is 6.93. The maximum absolute atomic E-state index is 12.2. The average Bonchev–Trinajstić information content (AvgIpc) is 2.95.